The van der Waals surface area contributed by atoms with Crippen LogP contribution in [-0.2, 0) is 4.79 Å². The van der Waals surface area contributed by atoms with E-state index in [1.54, 1.807) is 43.5 Å². The Bertz CT molecular complexity index is 1010. The van der Waals surface area contributed by atoms with Gasteiger partial charge in [-0.3, -0.25) is 4.79 Å². The molecule has 6 heteroatoms. The molecule has 0 saturated carbocycles. The van der Waals surface area contributed by atoms with E-state index in [1.807, 2.05) is 18.2 Å². The lowest BCUT2D eigenvalue weighted by molar-refractivity contribution is -0.112. The summed E-state index contributed by atoms with van der Waals surface area (Å²) in [5.41, 5.74) is 0.889. The number of amides is 1. The Labute approximate surface area is 149 Å². The summed E-state index contributed by atoms with van der Waals surface area (Å²) in [6.07, 6.45) is 1.38. The fourth-order valence-electron chi connectivity index (χ4n) is 2.33. The highest BCUT2D eigenvalue weighted by Gasteiger charge is 2.13. The molecule has 0 radical (unpaired) electrons. The Kier molecular flexibility index (Phi) is 4.73. The quantitative estimate of drug-likeness (QED) is 0.548. The minimum Gasteiger partial charge on any atom is -0.493 e. The first-order valence-electron chi connectivity index (χ1n) is 7.36. The second-order valence-corrected chi connectivity index (χ2v) is 5.54. The van der Waals surface area contributed by atoms with Gasteiger partial charge in [0.1, 0.15) is 17.4 Å². The van der Waals surface area contributed by atoms with Crippen LogP contribution in [0.15, 0.2) is 58.5 Å². The first-order chi connectivity index (χ1) is 12.1. The number of nitriles is 1. The molecule has 3 rings (SSSR count). The number of rotatable bonds is 4. The second-order valence-electron chi connectivity index (χ2n) is 5.13. The van der Waals surface area contributed by atoms with E-state index in [9.17, 15) is 10.1 Å². The van der Waals surface area contributed by atoms with Crippen LogP contribution in [0.3, 0.4) is 0 Å². The molecular weight excluding hydrogens is 340 g/mol. The van der Waals surface area contributed by atoms with Crippen molar-refractivity contribution in [3.05, 3.63) is 64.9 Å². The third kappa shape index (κ3) is 3.49. The Morgan fingerprint density at radius 2 is 2.08 bits per heavy atom. The summed E-state index contributed by atoms with van der Waals surface area (Å²) in [5, 5.41) is 13.1. The number of carbonyl (C=O) groups is 1. The number of furan rings is 1. The number of halogens is 1. The number of nitrogens with zero attached hydrogens (tertiary/aromatic N) is 1. The maximum Gasteiger partial charge on any atom is 0.266 e. The molecule has 25 heavy (non-hydrogen) atoms. The van der Waals surface area contributed by atoms with E-state index in [1.165, 1.54) is 6.08 Å². The predicted molar refractivity (Wildman–Crippen MR) is 96.4 cm³/mol. The van der Waals surface area contributed by atoms with E-state index in [4.69, 9.17) is 20.8 Å². The zero-order valence-corrected chi connectivity index (χ0v) is 14.0. The number of ether oxygens (including phenoxy) is 1. The number of hydrogen-bond donors (Lipinski definition) is 1. The molecule has 1 aromatic heterocycles. The van der Waals surface area contributed by atoms with Gasteiger partial charge in [0.25, 0.3) is 5.91 Å². The van der Waals surface area contributed by atoms with Crippen molar-refractivity contribution in [3.63, 3.8) is 0 Å². The monoisotopic (exact) mass is 352 g/mol. The molecule has 0 aliphatic heterocycles. The molecule has 0 bridgehead atoms. The average molecular weight is 353 g/mol. The Hall–Kier alpha value is -3.23. The lowest BCUT2D eigenvalue weighted by Crippen LogP contribution is -2.13. The first kappa shape index (κ1) is 16.6. The zero-order valence-electron chi connectivity index (χ0n) is 13.2. The lowest BCUT2D eigenvalue weighted by Gasteiger charge is -2.05. The van der Waals surface area contributed by atoms with Gasteiger partial charge in [0, 0.05) is 11.5 Å². The van der Waals surface area contributed by atoms with Crippen molar-refractivity contribution in [3.8, 4) is 11.8 Å². The van der Waals surface area contributed by atoms with Gasteiger partial charge in [-0.25, -0.2) is 0 Å². The minimum atomic E-state index is -0.567. The summed E-state index contributed by atoms with van der Waals surface area (Å²) < 4.78 is 10.9. The van der Waals surface area contributed by atoms with Crippen LogP contribution in [0.1, 0.15) is 5.76 Å². The van der Waals surface area contributed by atoms with E-state index < -0.39 is 5.91 Å². The maximum absolute atomic E-state index is 12.3. The van der Waals surface area contributed by atoms with E-state index in [0.717, 1.165) is 5.39 Å². The van der Waals surface area contributed by atoms with Crippen LogP contribution in [0, 0.1) is 11.3 Å². The van der Waals surface area contributed by atoms with Gasteiger partial charge in [-0.05, 0) is 24.3 Å². The maximum atomic E-state index is 12.3. The SMILES string of the molecule is COc1cccc2cc(/C=C(\C#N)C(=O)Nc3ccccc3Cl)oc12. The molecule has 1 heterocycles. The molecule has 5 nitrogen and oxygen atoms in total. The summed E-state index contributed by atoms with van der Waals surface area (Å²) in [4.78, 5) is 12.3. The van der Waals surface area contributed by atoms with E-state index in [-0.39, 0.29) is 5.57 Å². The van der Waals surface area contributed by atoms with Crippen molar-refractivity contribution in [2.75, 3.05) is 12.4 Å². The topological polar surface area (TPSA) is 75.3 Å². The van der Waals surface area contributed by atoms with E-state index >= 15 is 0 Å². The molecule has 0 aliphatic carbocycles. The van der Waals surface area contributed by atoms with Crippen molar-refractivity contribution >= 4 is 40.2 Å². The van der Waals surface area contributed by atoms with Crippen LogP contribution in [-0.4, -0.2) is 13.0 Å². The van der Waals surface area contributed by atoms with Gasteiger partial charge in [-0.15, -0.1) is 0 Å². The third-order valence-corrected chi connectivity index (χ3v) is 3.85. The molecule has 0 atom stereocenters. The van der Waals surface area contributed by atoms with Crippen LogP contribution in [0.2, 0.25) is 5.02 Å². The van der Waals surface area contributed by atoms with Gasteiger partial charge in [-0.2, -0.15) is 5.26 Å². The van der Waals surface area contributed by atoms with Crippen LogP contribution in [0.4, 0.5) is 5.69 Å². The van der Waals surface area contributed by atoms with Gasteiger partial charge in [0.15, 0.2) is 11.3 Å². The van der Waals surface area contributed by atoms with Crippen LogP contribution in [0.25, 0.3) is 17.0 Å². The minimum absolute atomic E-state index is 0.0991. The number of hydrogen-bond acceptors (Lipinski definition) is 4. The molecule has 0 fully saturated rings. The molecule has 3 aromatic rings. The average Bonchev–Trinajstić information content (AvgIpc) is 3.04. The fourth-order valence-corrected chi connectivity index (χ4v) is 2.51. The molecule has 1 amide bonds. The number of anilines is 1. The van der Waals surface area contributed by atoms with Gasteiger partial charge < -0.3 is 14.5 Å². The van der Waals surface area contributed by atoms with E-state index in [2.05, 4.69) is 5.32 Å². The number of nitrogens with one attached hydrogen (secondary N) is 1. The van der Waals surface area contributed by atoms with Gasteiger partial charge in [0.05, 0.1) is 17.8 Å². The van der Waals surface area contributed by atoms with Gasteiger partial charge in [-0.1, -0.05) is 35.9 Å². The van der Waals surface area contributed by atoms with Crippen molar-refractivity contribution in [2.24, 2.45) is 0 Å². The number of benzene rings is 2. The standard InChI is InChI=1S/C19H13ClN2O3/c1-24-17-8-4-5-12-9-14(25-18(12)17)10-13(11-21)19(23)22-16-7-3-2-6-15(16)20/h2-10H,1H3,(H,22,23)/b13-10+. The third-order valence-electron chi connectivity index (χ3n) is 3.52. The fraction of sp³-hybridized carbons (Fsp3) is 0.0526. The molecule has 1 N–H and O–H groups in total. The van der Waals surface area contributed by atoms with E-state index in [0.29, 0.717) is 27.8 Å². The largest absolute Gasteiger partial charge is 0.493 e. The van der Waals surface area contributed by atoms with Crippen LogP contribution in [0.5, 0.6) is 5.75 Å². The first-order valence-corrected chi connectivity index (χ1v) is 7.74. The molecule has 0 spiro atoms. The molecule has 2 aromatic carbocycles. The summed E-state index contributed by atoms with van der Waals surface area (Å²) in [6, 6.07) is 15.9. The van der Waals surface area contributed by atoms with Crippen molar-refractivity contribution in [1.29, 1.82) is 5.26 Å². The summed E-state index contributed by atoms with van der Waals surface area (Å²) in [7, 11) is 1.55. The normalized spacial score (nSPS) is 11.2. The van der Waals surface area contributed by atoms with Crippen LogP contribution >= 0.6 is 11.6 Å². The highest BCUT2D eigenvalue weighted by molar-refractivity contribution is 6.34. The highest BCUT2D eigenvalue weighted by Crippen LogP contribution is 2.29. The Morgan fingerprint density at radius 3 is 2.80 bits per heavy atom. The predicted octanol–water partition coefficient (Wildman–Crippen LogP) is 4.64. The van der Waals surface area contributed by atoms with Gasteiger partial charge in [0.2, 0.25) is 0 Å². The number of methoxy groups -OCH3 is 1. The van der Waals surface area contributed by atoms with Gasteiger partial charge >= 0.3 is 0 Å². The molecule has 0 saturated heterocycles. The Balaban J connectivity index is 1.91. The van der Waals surface area contributed by atoms with Crippen molar-refractivity contribution < 1.29 is 13.9 Å². The Morgan fingerprint density at radius 1 is 1.28 bits per heavy atom. The van der Waals surface area contributed by atoms with Crippen molar-refractivity contribution in [2.45, 2.75) is 0 Å². The lowest BCUT2D eigenvalue weighted by atomic mass is 10.2. The number of carbonyl (C=O) groups excluding carboxylic acids is 1. The van der Waals surface area contributed by atoms with Crippen LogP contribution < -0.4 is 10.1 Å². The molecule has 0 aliphatic rings. The summed E-state index contributed by atoms with van der Waals surface area (Å²) in [5.74, 6) is 0.393. The molecule has 0 unspecified atom stereocenters. The molecule has 124 valence electrons. The summed E-state index contributed by atoms with van der Waals surface area (Å²) >= 11 is 6.01. The second kappa shape index (κ2) is 7.12. The summed E-state index contributed by atoms with van der Waals surface area (Å²) in [6.45, 7) is 0. The number of fused-ring (bicyclic) bond motifs is 1. The van der Waals surface area contributed by atoms with Crippen molar-refractivity contribution in [1.82, 2.24) is 0 Å². The molecular formula is C19H13ClN2O3. The smallest absolute Gasteiger partial charge is 0.266 e. The number of para-hydroxylation sites is 2. The zero-order chi connectivity index (χ0) is 17.8. The highest BCUT2D eigenvalue weighted by atomic mass is 35.5.